The fourth-order valence-electron chi connectivity index (χ4n) is 1.74. The topological polar surface area (TPSA) is 9.23 Å². The first kappa shape index (κ1) is 10.4. The van der Waals surface area contributed by atoms with Gasteiger partial charge in [-0.05, 0) is 42.3 Å². The fourth-order valence-corrected chi connectivity index (χ4v) is 2.18. The van der Waals surface area contributed by atoms with Crippen molar-refractivity contribution in [2.75, 3.05) is 13.4 Å². The van der Waals surface area contributed by atoms with Crippen LogP contribution in [0.3, 0.4) is 0 Å². The van der Waals surface area contributed by atoms with Crippen molar-refractivity contribution in [2.24, 2.45) is 0 Å². The van der Waals surface area contributed by atoms with Crippen LogP contribution in [0.2, 0.25) is 0 Å². The molecule has 0 aliphatic carbocycles. The zero-order valence-corrected chi connectivity index (χ0v) is 10.0. The molecule has 2 aromatic rings. The average molecular weight is 218 g/mol. The normalized spacial score (nSPS) is 10.6. The molecule has 0 aliphatic heterocycles. The van der Waals surface area contributed by atoms with Crippen LogP contribution in [0.25, 0.3) is 10.8 Å². The van der Waals surface area contributed by atoms with E-state index >= 15 is 0 Å². The van der Waals surface area contributed by atoms with E-state index < -0.39 is 0 Å². The minimum absolute atomic E-state index is 0.959. The lowest BCUT2D eigenvalue weighted by atomic mass is 10.1. The van der Waals surface area contributed by atoms with Crippen LogP contribution < -0.4 is 4.74 Å². The first-order valence-corrected chi connectivity index (χ1v) is 6.09. The van der Waals surface area contributed by atoms with Gasteiger partial charge in [-0.25, -0.2) is 0 Å². The molecule has 0 fully saturated rings. The molecule has 2 heteroatoms. The molecule has 0 spiro atoms. The molecule has 0 aromatic heterocycles. The zero-order chi connectivity index (χ0) is 10.8. The van der Waals surface area contributed by atoms with Gasteiger partial charge in [0.2, 0.25) is 0 Å². The SMILES string of the molecule is COc1cc(C)cc2ccc(SC)cc12. The van der Waals surface area contributed by atoms with Gasteiger partial charge in [0.1, 0.15) is 5.75 Å². The second kappa shape index (κ2) is 4.15. The summed E-state index contributed by atoms with van der Waals surface area (Å²) in [4.78, 5) is 1.27. The number of rotatable bonds is 2. The van der Waals surface area contributed by atoms with Crippen LogP contribution in [0.15, 0.2) is 35.2 Å². The molecule has 0 N–H and O–H groups in total. The van der Waals surface area contributed by atoms with E-state index in [2.05, 4.69) is 43.5 Å². The van der Waals surface area contributed by atoms with E-state index in [0.29, 0.717) is 0 Å². The number of methoxy groups -OCH3 is 1. The Labute approximate surface area is 94.4 Å². The third kappa shape index (κ3) is 1.95. The van der Waals surface area contributed by atoms with Crippen LogP contribution in [0.1, 0.15) is 5.56 Å². The summed E-state index contributed by atoms with van der Waals surface area (Å²) in [5, 5.41) is 2.43. The molecule has 0 saturated carbocycles. The van der Waals surface area contributed by atoms with E-state index in [1.165, 1.54) is 21.2 Å². The van der Waals surface area contributed by atoms with Crippen molar-refractivity contribution < 1.29 is 4.74 Å². The van der Waals surface area contributed by atoms with Gasteiger partial charge in [0.05, 0.1) is 7.11 Å². The van der Waals surface area contributed by atoms with Crippen molar-refractivity contribution in [1.82, 2.24) is 0 Å². The highest BCUT2D eigenvalue weighted by Crippen LogP contribution is 2.30. The number of benzene rings is 2. The first-order valence-electron chi connectivity index (χ1n) is 4.87. The second-order valence-corrected chi connectivity index (χ2v) is 4.43. The molecular weight excluding hydrogens is 204 g/mol. The third-order valence-electron chi connectivity index (χ3n) is 2.49. The lowest BCUT2D eigenvalue weighted by Crippen LogP contribution is -1.86. The number of hydrogen-bond acceptors (Lipinski definition) is 2. The Morgan fingerprint density at radius 2 is 1.93 bits per heavy atom. The Morgan fingerprint density at radius 1 is 1.13 bits per heavy atom. The molecular formula is C13H14OS. The minimum Gasteiger partial charge on any atom is -0.496 e. The maximum atomic E-state index is 5.40. The fraction of sp³-hybridized carbons (Fsp3) is 0.231. The first-order chi connectivity index (χ1) is 7.24. The van der Waals surface area contributed by atoms with Gasteiger partial charge in [0.15, 0.2) is 0 Å². The van der Waals surface area contributed by atoms with Gasteiger partial charge in [-0.3, -0.25) is 0 Å². The average Bonchev–Trinajstić information content (AvgIpc) is 2.27. The van der Waals surface area contributed by atoms with Gasteiger partial charge >= 0.3 is 0 Å². The Morgan fingerprint density at radius 3 is 2.60 bits per heavy atom. The molecule has 78 valence electrons. The predicted octanol–water partition coefficient (Wildman–Crippen LogP) is 3.88. The number of ether oxygens (including phenoxy) is 1. The zero-order valence-electron chi connectivity index (χ0n) is 9.20. The van der Waals surface area contributed by atoms with Crippen LogP contribution in [0.5, 0.6) is 5.75 Å². The smallest absolute Gasteiger partial charge is 0.126 e. The maximum absolute atomic E-state index is 5.40. The van der Waals surface area contributed by atoms with Gasteiger partial charge in [-0.15, -0.1) is 11.8 Å². The monoisotopic (exact) mass is 218 g/mol. The van der Waals surface area contributed by atoms with Crippen LogP contribution >= 0.6 is 11.8 Å². The molecule has 0 saturated heterocycles. The van der Waals surface area contributed by atoms with Gasteiger partial charge < -0.3 is 4.74 Å². The standard InChI is InChI=1S/C13H14OS/c1-9-6-10-4-5-11(15-3)8-12(10)13(7-9)14-2/h4-8H,1-3H3. The molecule has 0 amide bonds. The summed E-state index contributed by atoms with van der Waals surface area (Å²) in [6.07, 6.45) is 2.09. The quantitative estimate of drug-likeness (QED) is 0.707. The number of aryl methyl sites for hydroxylation is 1. The van der Waals surface area contributed by atoms with Crippen LogP contribution in [0, 0.1) is 6.92 Å². The van der Waals surface area contributed by atoms with Gasteiger partial charge in [0, 0.05) is 10.3 Å². The van der Waals surface area contributed by atoms with E-state index in [1.807, 2.05) is 0 Å². The van der Waals surface area contributed by atoms with E-state index in [1.54, 1.807) is 18.9 Å². The molecule has 0 unspecified atom stereocenters. The number of thioether (sulfide) groups is 1. The maximum Gasteiger partial charge on any atom is 0.126 e. The summed E-state index contributed by atoms with van der Waals surface area (Å²) < 4.78 is 5.40. The van der Waals surface area contributed by atoms with E-state index in [4.69, 9.17) is 4.74 Å². The Kier molecular flexibility index (Phi) is 2.87. The number of hydrogen-bond donors (Lipinski definition) is 0. The third-order valence-corrected chi connectivity index (χ3v) is 3.21. The van der Waals surface area contributed by atoms with Crippen molar-refractivity contribution in [3.8, 4) is 5.75 Å². The lowest BCUT2D eigenvalue weighted by molar-refractivity contribution is 0.419. The highest BCUT2D eigenvalue weighted by atomic mass is 32.2. The predicted molar refractivity (Wildman–Crippen MR) is 67.0 cm³/mol. The number of fused-ring (bicyclic) bond motifs is 1. The summed E-state index contributed by atoms with van der Waals surface area (Å²) in [7, 11) is 1.72. The molecule has 1 nitrogen and oxygen atoms in total. The Bertz CT molecular complexity index is 491. The Balaban J connectivity index is 2.73. The highest BCUT2D eigenvalue weighted by Gasteiger charge is 2.03. The van der Waals surface area contributed by atoms with E-state index in [9.17, 15) is 0 Å². The van der Waals surface area contributed by atoms with Crippen molar-refractivity contribution in [1.29, 1.82) is 0 Å². The molecule has 0 aliphatic rings. The van der Waals surface area contributed by atoms with Crippen LogP contribution in [-0.4, -0.2) is 13.4 Å². The van der Waals surface area contributed by atoms with Crippen LogP contribution in [-0.2, 0) is 0 Å². The molecule has 2 aromatic carbocycles. The molecule has 2 rings (SSSR count). The largest absolute Gasteiger partial charge is 0.496 e. The summed E-state index contributed by atoms with van der Waals surface area (Å²) in [5.74, 6) is 0.959. The van der Waals surface area contributed by atoms with Gasteiger partial charge in [-0.2, -0.15) is 0 Å². The van der Waals surface area contributed by atoms with E-state index in [0.717, 1.165) is 5.75 Å². The molecule has 0 bridgehead atoms. The van der Waals surface area contributed by atoms with Crippen molar-refractivity contribution >= 4 is 22.5 Å². The van der Waals surface area contributed by atoms with Crippen LogP contribution in [0.4, 0.5) is 0 Å². The summed E-state index contributed by atoms with van der Waals surface area (Å²) >= 11 is 1.75. The second-order valence-electron chi connectivity index (χ2n) is 3.55. The van der Waals surface area contributed by atoms with Crippen molar-refractivity contribution in [3.63, 3.8) is 0 Å². The molecule has 0 radical (unpaired) electrons. The van der Waals surface area contributed by atoms with Crippen molar-refractivity contribution in [3.05, 3.63) is 35.9 Å². The molecule has 0 heterocycles. The Hall–Kier alpha value is -1.15. The molecule has 0 atom stereocenters. The summed E-state index contributed by atoms with van der Waals surface area (Å²) in [6, 6.07) is 10.7. The minimum atomic E-state index is 0.959. The molecule has 15 heavy (non-hydrogen) atoms. The summed E-state index contributed by atoms with van der Waals surface area (Å²) in [6.45, 7) is 2.09. The van der Waals surface area contributed by atoms with Gasteiger partial charge in [-0.1, -0.05) is 12.1 Å². The van der Waals surface area contributed by atoms with E-state index in [-0.39, 0.29) is 0 Å². The van der Waals surface area contributed by atoms with Crippen molar-refractivity contribution in [2.45, 2.75) is 11.8 Å². The lowest BCUT2D eigenvalue weighted by Gasteiger charge is -2.08. The van der Waals surface area contributed by atoms with Gasteiger partial charge in [0.25, 0.3) is 0 Å². The highest BCUT2D eigenvalue weighted by molar-refractivity contribution is 7.98. The summed E-state index contributed by atoms with van der Waals surface area (Å²) in [5.41, 5.74) is 1.23.